The molecule has 0 aliphatic carbocycles. The van der Waals surface area contributed by atoms with Crippen molar-refractivity contribution in [3.63, 3.8) is 0 Å². The normalized spacial score (nSPS) is 12.5. The fourth-order valence-corrected chi connectivity index (χ4v) is 1.84. The van der Waals surface area contributed by atoms with Crippen LogP contribution in [0.15, 0.2) is 24.3 Å². The number of carbonyl (C=O) groups is 2. The Kier molecular flexibility index (Phi) is 5.58. The standard InChI is InChI=1S/C15H22N2O4/c1-15(2,3)21-14(20)17-11(9-13(18)19)8-10-6-4-5-7-12(10)16/h4-7,11H,8-9,16H2,1-3H3,(H,17,20)(H,18,19)/t11-/m1/s1. The molecule has 0 unspecified atom stereocenters. The molecule has 0 aliphatic rings. The summed E-state index contributed by atoms with van der Waals surface area (Å²) < 4.78 is 5.14. The van der Waals surface area contributed by atoms with Gasteiger partial charge in [0.05, 0.1) is 6.42 Å². The van der Waals surface area contributed by atoms with Gasteiger partial charge in [-0.1, -0.05) is 18.2 Å². The highest BCUT2D eigenvalue weighted by Crippen LogP contribution is 2.15. The van der Waals surface area contributed by atoms with Gasteiger partial charge >= 0.3 is 12.1 Å². The van der Waals surface area contributed by atoms with E-state index in [2.05, 4.69) is 5.32 Å². The monoisotopic (exact) mass is 294 g/mol. The van der Waals surface area contributed by atoms with Crippen LogP contribution >= 0.6 is 0 Å². The van der Waals surface area contributed by atoms with Crippen LogP contribution in [-0.4, -0.2) is 28.8 Å². The number of carbonyl (C=O) groups excluding carboxylic acids is 1. The first-order valence-corrected chi connectivity index (χ1v) is 6.72. The van der Waals surface area contributed by atoms with Crippen LogP contribution in [0.1, 0.15) is 32.8 Å². The van der Waals surface area contributed by atoms with Crippen molar-refractivity contribution in [2.45, 2.75) is 45.3 Å². The Morgan fingerprint density at radius 1 is 1.33 bits per heavy atom. The Bertz CT molecular complexity index is 509. The van der Waals surface area contributed by atoms with Crippen LogP contribution < -0.4 is 11.1 Å². The largest absolute Gasteiger partial charge is 0.481 e. The molecule has 1 rings (SSSR count). The third-order valence-corrected chi connectivity index (χ3v) is 2.66. The molecule has 0 saturated carbocycles. The number of rotatable bonds is 5. The Labute approximate surface area is 124 Å². The highest BCUT2D eigenvalue weighted by atomic mass is 16.6. The highest BCUT2D eigenvalue weighted by Gasteiger charge is 2.22. The predicted octanol–water partition coefficient (Wildman–Crippen LogP) is 2.18. The number of carboxylic acids is 1. The van der Waals surface area contributed by atoms with E-state index in [-0.39, 0.29) is 6.42 Å². The number of nitrogens with two attached hydrogens (primary N) is 1. The average Bonchev–Trinajstić information content (AvgIpc) is 2.28. The van der Waals surface area contributed by atoms with Gasteiger partial charge in [-0.15, -0.1) is 0 Å². The summed E-state index contributed by atoms with van der Waals surface area (Å²) in [5, 5.41) is 11.5. The number of aliphatic carboxylic acids is 1. The molecule has 0 aromatic heterocycles. The first-order valence-electron chi connectivity index (χ1n) is 6.72. The number of anilines is 1. The van der Waals surface area contributed by atoms with E-state index in [1.807, 2.05) is 6.07 Å². The topological polar surface area (TPSA) is 102 Å². The summed E-state index contributed by atoms with van der Waals surface area (Å²) in [5.74, 6) is -0.995. The molecule has 1 aromatic rings. The molecule has 0 aliphatic heterocycles. The second kappa shape index (κ2) is 6.97. The minimum absolute atomic E-state index is 0.201. The fourth-order valence-electron chi connectivity index (χ4n) is 1.84. The smallest absolute Gasteiger partial charge is 0.407 e. The number of amides is 1. The van der Waals surface area contributed by atoms with Crippen molar-refractivity contribution >= 4 is 17.7 Å². The zero-order valence-electron chi connectivity index (χ0n) is 12.6. The summed E-state index contributed by atoms with van der Waals surface area (Å²) in [6.45, 7) is 5.23. The van der Waals surface area contributed by atoms with Gasteiger partial charge in [0, 0.05) is 11.7 Å². The molecule has 0 fully saturated rings. The van der Waals surface area contributed by atoms with Gasteiger partial charge in [0.15, 0.2) is 0 Å². The molecular formula is C15H22N2O4. The molecular weight excluding hydrogens is 272 g/mol. The van der Waals surface area contributed by atoms with Crippen molar-refractivity contribution in [2.75, 3.05) is 5.73 Å². The van der Waals surface area contributed by atoms with Gasteiger partial charge in [-0.2, -0.15) is 0 Å². The van der Waals surface area contributed by atoms with Crippen molar-refractivity contribution in [2.24, 2.45) is 0 Å². The van der Waals surface area contributed by atoms with Gasteiger partial charge in [0.2, 0.25) is 0 Å². The summed E-state index contributed by atoms with van der Waals surface area (Å²) in [7, 11) is 0. The number of ether oxygens (including phenoxy) is 1. The highest BCUT2D eigenvalue weighted by molar-refractivity contribution is 5.71. The lowest BCUT2D eigenvalue weighted by molar-refractivity contribution is -0.137. The van der Waals surface area contributed by atoms with E-state index in [9.17, 15) is 9.59 Å². The number of benzene rings is 1. The molecule has 6 heteroatoms. The summed E-state index contributed by atoms with van der Waals surface area (Å²) in [6, 6.07) is 6.58. The van der Waals surface area contributed by atoms with E-state index in [0.29, 0.717) is 12.1 Å². The molecule has 1 amide bonds. The second-order valence-corrected chi connectivity index (χ2v) is 5.84. The second-order valence-electron chi connectivity index (χ2n) is 5.84. The average molecular weight is 294 g/mol. The molecule has 0 saturated heterocycles. The van der Waals surface area contributed by atoms with Crippen molar-refractivity contribution in [3.8, 4) is 0 Å². The third-order valence-electron chi connectivity index (χ3n) is 2.66. The first-order chi connectivity index (χ1) is 9.67. The number of alkyl carbamates (subject to hydrolysis) is 1. The summed E-state index contributed by atoms with van der Waals surface area (Å²) >= 11 is 0. The minimum atomic E-state index is -0.995. The third kappa shape index (κ3) is 6.65. The van der Waals surface area contributed by atoms with Gasteiger partial charge in [0.1, 0.15) is 5.60 Å². The summed E-state index contributed by atoms with van der Waals surface area (Å²) in [5.41, 5.74) is 6.57. The summed E-state index contributed by atoms with van der Waals surface area (Å²) in [6.07, 6.45) is -0.505. The fraction of sp³-hybridized carbons (Fsp3) is 0.467. The number of nitrogen functional groups attached to an aromatic ring is 1. The number of carboxylic acid groups (broad SMARTS) is 1. The lowest BCUT2D eigenvalue weighted by Gasteiger charge is -2.23. The van der Waals surface area contributed by atoms with Crippen molar-refractivity contribution in [1.29, 1.82) is 0 Å². The van der Waals surface area contributed by atoms with Crippen LogP contribution in [0.4, 0.5) is 10.5 Å². The minimum Gasteiger partial charge on any atom is -0.481 e. The van der Waals surface area contributed by atoms with Crippen molar-refractivity contribution < 1.29 is 19.4 Å². The zero-order valence-corrected chi connectivity index (χ0v) is 12.6. The quantitative estimate of drug-likeness (QED) is 0.722. The molecule has 0 radical (unpaired) electrons. The first kappa shape index (κ1) is 16.8. The molecule has 116 valence electrons. The van der Waals surface area contributed by atoms with Crippen molar-refractivity contribution in [1.82, 2.24) is 5.32 Å². The van der Waals surface area contributed by atoms with E-state index in [1.165, 1.54) is 0 Å². The Balaban J connectivity index is 2.75. The molecule has 21 heavy (non-hydrogen) atoms. The molecule has 1 aromatic carbocycles. The van der Waals surface area contributed by atoms with Crippen LogP contribution in [0.25, 0.3) is 0 Å². The van der Waals surface area contributed by atoms with Crippen LogP contribution in [-0.2, 0) is 16.0 Å². The van der Waals surface area contributed by atoms with E-state index >= 15 is 0 Å². The molecule has 1 atom stereocenters. The maximum absolute atomic E-state index is 11.8. The Hall–Kier alpha value is -2.24. The van der Waals surface area contributed by atoms with E-state index in [1.54, 1.807) is 39.0 Å². The van der Waals surface area contributed by atoms with Crippen molar-refractivity contribution in [3.05, 3.63) is 29.8 Å². The maximum Gasteiger partial charge on any atom is 0.407 e. The molecule has 0 bridgehead atoms. The number of nitrogens with one attached hydrogen (secondary N) is 1. The number of hydrogen-bond donors (Lipinski definition) is 3. The van der Waals surface area contributed by atoms with E-state index in [0.717, 1.165) is 5.56 Å². The van der Waals surface area contributed by atoms with Gasteiger partial charge in [-0.3, -0.25) is 4.79 Å². The van der Waals surface area contributed by atoms with Gasteiger partial charge < -0.3 is 20.9 Å². The Morgan fingerprint density at radius 3 is 2.48 bits per heavy atom. The molecule has 0 spiro atoms. The van der Waals surface area contributed by atoms with E-state index in [4.69, 9.17) is 15.6 Å². The molecule has 6 nitrogen and oxygen atoms in total. The van der Waals surface area contributed by atoms with Crippen LogP contribution in [0, 0.1) is 0 Å². The SMILES string of the molecule is CC(C)(C)OC(=O)N[C@@H](CC(=O)O)Cc1ccccc1N. The van der Waals surface area contributed by atoms with Gasteiger partial charge in [0.25, 0.3) is 0 Å². The lowest BCUT2D eigenvalue weighted by atomic mass is 10.0. The van der Waals surface area contributed by atoms with Gasteiger partial charge in [-0.05, 0) is 38.8 Å². The molecule has 4 N–H and O–H groups in total. The van der Waals surface area contributed by atoms with Gasteiger partial charge in [-0.25, -0.2) is 4.79 Å². The molecule has 0 heterocycles. The predicted molar refractivity (Wildman–Crippen MR) is 80.0 cm³/mol. The van der Waals surface area contributed by atoms with Crippen LogP contribution in [0.5, 0.6) is 0 Å². The lowest BCUT2D eigenvalue weighted by Crippen LogP contribution is -2.41. The number of hydrogen-bond acceptors (Lipinski definition) is 4. The summed E-state index contributed by atoms with van der Waals surface area (Å²) in [4.78, 5) is 22.7. The Morgan fingerprint density at radius 2 is 1.95 bits per heavy atom. The maximum atomic E-state index is 11.8. The van der Waals surface area contributed by atoms with E-state index < -0.39 is 23.7 Å². The van der Waals surface area contributed by atoms with Crippen LogP contribution in [0.2, 0.25) is 0 Å². The zero-order chi connectivity index (χ0) is 16.0. The number of para-hydroxylation sites is 1. The van der Waals surface area contributed by atoms with Crippen LogP contribution in [0.3, 0.4) is 0 Å².